The van der Waals surface area contributed by atoms with Gasteiger partial charge < -0.3 is 5.32 Å². The number of rotatable bonds is 8. The van der Waals surface area contributed by atoms with Crippen LogP contribution in [0.2, 0.25) is 5.02 Å². The molecule has 4 amide bonds. The molecule has 1 fully saturated rings. The number of ketones is 1. The molecule has 1 aromatic rings. The Morgan fingerprint density at radius 3 is 2.73 bits per heavy atom. The molecule has 158 valence electrons. The van der Waals surface area contributed by atoms with Gasteiger partial charge in [0.2, 0.25) is 11.8 Å². The Morgan fingerprint density at radius 2 is 2.03 bits per heavy atom. The molecule has 0 saturated carbocycles. The van der Waals surface area contributed by atoms with E-state index in [-0.39, 0.29) is 30.7 Å². The first-order valence-corrected chi connectivity index (χ1v) is 10.1. The summed E-state index contributed by atoms with van der Waals surface area (Å²) < 4.78 is 0. The van der Waals surface area contributed by atoms with Gasteiger partial charge in [-0.2, -0.15) is 0 Å². The van der Waals surface area contributed by atoms with Crippen molar-refractivity contribution in [3.8, 4) is 0 Å². The van der Waals surface area contributed by atoms with Gasteiger partial charge in [0.15, 0.2) is 0 Å². The topological polar surface area (TPSA) is 113 Å². The SMILES string of the molecule is Cc1ccc(CC(=O)CCCNC2=CC(=O)N(C3CCC(=O)NC3=O)C2=O)cc1Cl. The first kappa shape index (κ1) is 21.7. The van der Waals surface area contributed by atoms with Crippen LogP contribution in [0.4, 0.5) is 0 Å². The highest BCUT2D eigenvalue weighted by Gasteiger charge is 2.42. The van der Waals surface area contributed by atoms with Crippen LogP contribution < -0.4 is 10.6 Å². The number of Topliss-reactive ketones (excluding diaryl/α,β-unsaturated/α-hetero) is 1. The number of nitrogens with zero attached hydrogens (tertiary/aromatic N) is 1. The Balaban J connectivity index is 1.45. The van der Waals surface area contributed by atoms with Gasteiger partial charge in [0.05, 0.1) is 0 Å². The Labute approximate surface area is 178 Å². The van der Waals surface area contributed by atoms with Crippen LogP contribution in [0.15, 0.2) is 30.0 Å². The van der Waals surface area contributed by atoms with Crippen LogP contribution >= 0.6 is 11.6 Å². The number of hydrogen-bond donors (Lipinski definition) is 2. The number of imide groups is 2. The van der Waals surface area contributed by atoms with Crippen molar-refractivity contribution in [3.63, 3.8) is 0 Å². The van der Waals surface area contributed by atoms with Gasteiger partial charge in [-0.15, -0.1) is 0 Å². The van der Waals surface area contributed by atoms with E-state index in [1.807, 2.05) is 19.1 Å². The van der Waals surface area contributed by atoms with E-state index in [1.165, 1.54) is 0 Å². The van der Waals surface area contributed by atoms with Gasteiger partial charge in [0.1, 0.15) is 17.5 Å². The lowest BCUT2D eigenvalue weighted by Crippen LogP contribution is -2.54. The first-order valence-electron chi connectivity index (χ1n) is 9.70. The maximum Gasteiger partial charge on any atom is 0.277 e. The van der Waals surface area contributed by atoms with Gasteiger partial charge >= 0.3 is 0 Å². The first-order chi connectivity index (χ1) is 14.3. The van der Waals surface area contributed by atoms with Gasteiger partial charge in [0.25, 0.3) is 11.8 Å². The largest absolute Gasteiger partial charge is 0.380 e. The second-order valence-corrected chi connectivity index (χ2v) is 7.77. The fourth-order valence-electron chi connectivity index (χ4n) is 3.41. The standard InChI is InChI=1S/C21H22ClN3O5/c1-12-4-5-13(10-15(12)22)9-14(26)3-2-8-23-16-11-19(28)25(21(16)30)17-6-7-18(27)24-20(17)29/h4-5,10-11,17,23H,2-3,6-9H2,1H3,(H,24,27,29). The van der Waals surface area contributed by atoms with E-state index in [2.05, 4.69) is 10.6 Å². The minimum absolute atomic E-state index is 0.0460. The predicted octanol–water partition coefficient (Wildman–Crippen LogP) is 1.19. The fraction of sp³-hybridized carbons (Fsp3) is 0.381. The second-order valence-electron chi connectivity index (χ2n) is 7.37. The molecule has 2 heterocycles. The third-order valence-electron chi connectivity index (χ3n) is 5.06. The van der Waals surface area contributed by atoms with E-state index in [0.29, 0.717) is 24.4 Å². The summed E-state index contributed by atoms with van der Waals surface area (Å²) in [4.78, 5) is 60.9. The normalized spacial score (nSPS) is 19.1. The molecule has 2 N–H and O–H groups in total. The number of piperidine rings is 1. The number of carbonyl (C=O) groups excluding carboxylic acids is 5. The maximum absolute atomic E-state index is 12.5. The van der Waals surface area contributed by atoms with Crippen LogP contribution in [-0.4, -0.2) is 46.9 Å². The van der Waals surface area contributed by atoms with Gasteiger partial charge in [-0.05, 0) is 37.0 Å². The molecule has 0 spiro atoms. The summed E-state index contributed by atoms with van der Waals surface area (Å²) in [6.45, 7) is 2.22. The summed E-state index contributed by atoms with van der Waals surface area (Å²) in [5.41, 5.74) is 1.89. The highest BCUT2D eigenvalue weighted by atomic mass is 35.5. The third-order valence-corrected chi connectivity index (χ3v) is 5.47. The van der Waals surface area contributed by atoms with Crippen molar-refractivity contribution in [2.24, 2.45) is 0 Å². The van der Waals surface area contributed by atoms with Crippen LogP contribution in [0.3, 0.4) is 0 Å². The van der Waals surface area contributed by atoms with E-state index >= 15 is 0 Å². The Morgan fingerprint density at radius 1 is 1.27 bits per heavy atom. The summed E-state index contributed by atoms with van der Waals surface area (Å²) >= 11 is 6.07. The van der Waals surface area contributed by atoms with Crippen molar-refractivity contribution in [3.05, 3.63) is 46.1 Å². The van der Waals surface area contributed by atoms with Crippen molar-refractivity contribution < 1.29 is 24.0 Å². The molecule has 3 rings (SSSR count). The van der Waals surface area contributed by atoms with E-state index in [9.17, 15) is 24.0 Å². The zero-order valence-corrected chi connectivity index (χ0v) is 17.3. The molecule has 1 aromatic carbocycles. The van der Waals surface area contributed by atoms with Crippen molar-refractivity contribution >= 4 is 41.0 Å². The molecule has 0 aliphatic carbocycles. The minimum atomic E-state index is -0.985. The molecule has 0 bridgehead atoms. The predicted molar refractivity (Wildman–Crippen MR) is 108 cm³/mol. The molecule has 0 aromatic heterocycles. The lowest BCUT2D eigenvalue weighted by atomic mass is 10.0. The highest BCUT2D eigenvalue weighted by molar-refractivity contribution is 6.31. The van der Waals surface area contributed by atoms with Crippen LogP contribution in [0, 0.1) is 6.92 Å². The molecule has 2 aliphatic heterocycles. The average Bonchev–Trinajstić information content (AvgIpc) is 2.96. The molecule has 1 saturated heterocycles. The van der Waals surface area contributed by atoms with Gasteiger partial charge in [-0.25, -0.2) is 0 Å². The number of carbonyl (C=O) groups is 5. The number of nitrogens with one attached hydrogen (secondary N) is 2. The Bertz CT molecular complexity index is 956. The van der Waals surface area contributed by atoms with E-state index in [0.717, 1.165) is 22.1 Å². The molecular weight excluding hydrogens is 410 g/mol. The lowest BCUT2D eigenvalue weighted by molar-refractivity contribution is -0.149. The Kier molecular flexibility index (Phi) is 6.66. The number of benzene rings is 1. The summed E-state index contributed by atoms with van der Waals surface area (Å²) in [6.07, 6.45) is 2.40. The number of halogens is 1. The summed E-state index contributed by atoms with van der Waals surface area (Å²) in [7, 11) is 0. The summed E-state index contributed by atoms with van der Waals surface area (Å²) in [5.74, 6) is -2.22. The highest BCUT2D eigenvalue weighted by Crippen LogP contribution is 2.20. The van der Waals surface area contributed by atoms with Crippen molar-refractivity contribution in [2.45, 2.75) is 45.1 Å². The summed E-state index contributed by atoms with van der Waals surface area (Å²) in [6, 6.07) is 4.54. The second kappa shape index (κ2) is 9.21. The van der Waals surface area contributed by atoms with Crippen LogP contribution in [0.5, 0.6) is 0 Å². The van der Waals surface area contributed by atoms with Crippen LogP contribution in [0.1, 0.15) is 36.8 Å². The molecule has 8 nitrogen and oxygen atoms in total. The van der Waals surface area contributed by atoms with Gasteiger partial charge in [-0.1, -0.05) is 23.7 Å². The van der Waals surface area contributed by atoms with Gasteiger partial charge in [-0.3, -0.25) is 34.2 Å². The zero-order valence-electron chi connectivity index (χ0n) is 16.5. The van der Waals surface area contributed by atoms with Crippen LogP contribution in [0.25, 0.3) is 0 Å². The van der Waals surface area contributed by atoms with Gasteiger partial charge in [0, 0.05) is 36.9 Å². The number of amides is 4. The molecule has 9 heteroatoms. The van der Waals surface area contributed by atoms with Crippen LogP contribution in [-0.2, 0) is 30.4 Å². The van der Waals surface area contributed by atoms with E-state index < -0.39 is 29.7 Å². The van der Waals surface area contributed by atoms with Crippen molar-refractivity contribution in [1.82, 2.24) is 15.5 Å². The summed E-state index contributed by atoms with van der Waals surface area (Å²) in [5, 5.41) is 5.63. The quantitative estimate of drug-likeness (QED) is 0.472. The lowest BCUT2D eigenvalue weighted by Gasteiger charge is -2.28. The van der Waals surface area contributed by atoms with Crippen molar-refractivity contribution in [1.29, 1.82) is 0 Å². The van der Waals surface area contributed by atoms with E-state index in [4.69, 9.17) is 11.6 Å². The average molecular weight is 432 g/mol. The minimum Gasteiger partial charge on any atom is -0.380 e. The molecular formula is C21H22ClN3O5. The number of hydrogen-bond acceptors (Lipinski definition) is 6. The smallest absolute Gasteiger partial charge is 0.277 e. The number of aryl methyl sites for hydroxylation is 1. The van der Waals surface area contributed by atoms with E-state index in [1.54, 1.807) is 6.07 Å². The molecule has 1 unspecified atom stereocenters. The molecule has 0 radical (unpaired) electrons. The third kappa shape index (κ3) is 4.94. The molecule has 2 aliphatic rings. The Hall–Kier alpha value is -3.00. The monoisotopic (exact) mass is 431 g/mol. The van der Waals surface area contributed by atoms with Crippen molar-refractivity contribution in [2.75, 3.05) is 6.54 Å². The fourth-order valence-corrected chi connectivity index (χ4v) is 3.61. The molecule has 1 atom stereocenters. The zero-order chi connectivity index (χ0) is 21.8. The molecule has 30 heavy (non-hydrogen) atoms. The maximum atomic E-state index is 12.5.